The highest BCUT2D eigenvalue weighted by Crippen LogP contribution is 2.27. The van der Waals surface area contributed by atoms with Crippen molar-refractivity contribution >= 4 is 22.5 Å². The molecule has 0 amide bonds. The van der Waals surface area contributed by atoms with Gasteiger partial charge < -0.3 is 19.4 Å². The minimum absolute atomic E-state index is 0.0963. The van der Waals surface area contributed by atoms with Gasteiger partial charge in [-0.25, -0.2) is 0 Å². The van der Waals surface area contributed by atoms with Crippen molar-refractivity contribution in [2.24, 2.45) is 0 Å². The molecule has 5 nitrogen and oxygen atoms in total. The smallest absolute Gasteiger partial charge is 0.193 e. The summed E-state index contributed by atoms with van der Waals surface area (Å²) in [6, 6.07) is 11.2. The van der Waals surface area contributed by atoms with Crippen LogP contribution < -0.4 is 4.74 Å². The largest absolute Gasteiger partial charge is 0.507 e. The summed E-state index contributed by atoms with van der Waals surface area (Å²) in [4.78, 5) is 12.3. The molecule has 1 aromatic heterocycles. The lowest BCUT2D eigenvalue weighted by Gasteiger charge is -2.04. The first-order chi connectivity index (χ1) is 11.1. The number of hydrogen-bond donors (Lipinski definition) is 2. The molecule has 0 unspecified atom stereocenters. The van der Waals surface area contributed by atoms with E-state index in [2.05, 4.69) is 0 Å². The van der Waals surface area contributed by atoms with Gasteiger partial charge in [-0.3, -0.25) is 4.79 Å². The third kappa shape index (κ3) is 2.89. The molecule has 0 radical (unpaired) electrons. The number of fused-ring (bicyclic) bond motifs is 1. The molecule has 0 saturated carbocycles. The van der Waals surface area contributed by atoms with Crippen LogP contribution in [-0.2, 0) is 0 Å². The fraction of sp³-hybridized carbons (Fsp3) is 0.0556. The molecule has 0 atom stereocenters. The molecule has 23 heavy (non-hydrogen) atoms. The summed E-state index contributed by atoms with van der Waals surface area (Å²) in [5.74, 6) is -0.240. The predicted molar refractivity (Wildman–Crippen MR) is 85.8 cm³/mol. The number of rotatable bonds is 4. The Morgan fingerprint density at radius 1 is 1.17 bits per heavy atom. The maximum atomic E-state index is 12.3. The second-order valence-corrected chi connectivity index (χ2v) is 4.95. The summed E-state index contributed by atoms with van der Waals surface area (Å²) in [6.45, 7) is 0. The molecule has 3 rings (SSSR count). The molecular formula is C18H14O5. The van der Waals surface area contributed by atoms with E-state index in [1.54, 1.807) is 37.4 Å². The number of phenolic OH excluding ortho intramolecular Hbond substituents is 1. The number of phenols is 1. The maximum absolute atomic E-state index is 12.3. The number of aliphatic hydroxyl groups excluding tert-OH is 1. The molecule has 2 aromatic carbocycles. The van der Waals surface area contributed by atoms with Crippen LogP contribution in [0.4, 0.5) is 0 Å². The zero-order valence-electron chi connectivity index (χ0n) is 12.3. The van der Waals surface area contributed by atoms with Crippen LogP contribution in [0.5, 0.6) is 11.5 Å². The number of ketones is 1. The van der Waals surface area contributed by atoms with Crippen molar-refractivity contribution < 1.29 is 24.2 Å². The maximum Gasteiger partial charge on any atom is 0.193 e. The third-order valence-electron chi connectivity index (χ3n) is 3.49. The van der Waals surface area contributed by atoms with Gasteiger partial charge in [-0.05, 0) is 36.4 Å². The Morgan fingerprint density at radius 3 is 2.61 bits per heavy atom. The van der Waals surface area contributed by atoms with E-state index in [0.717, 1.165) is 6.08 Å². The van der Waals surface area contributed by atoms with Gasteiger partial charge in [0.2, 0.25) is 0 Å². The van der Waals surface area contributed by atoms with Crippen LogP contribution >= 0.6 is 0 Å². The summed E-state index contributed by atoms with van der Waals surface area (Å²) < 4.78 is 10.2. The highest BCUT2D eigenvalue weighted by molar-refractivity contribution is 6.11. The van der Waals surface area contributed by atoms with Crippen LogP contribution in [0, 0.1) is 0 Å². The van der Waals surface area contributed by atoms with Gasteiger partial charge in [0.15, 0.2) is 5.78 Å². The van der Waals surface area contributed by atoms with Gasteiger partial charge in [0.1, 0.15) is 22.8 Å². The van der Waals surface area contributed by atoms with Crippen molar-refractivity contribution in [2.45, 2.75) is 0 Å². The SMILES string of the molecule is COc1ccc(/C(O)=C/C(=O)c2cc3ccoc3cc2O)cc1. The Morgan fingerprint density at radius 2 is 1.91 bits per heavy atom. The zero-order chi connectivity index (χ0) is 16.4. The molecular weight excluding hydrogens is 296 g/mol. The van der Waals surface area contributed by atoms with Gasteiger partial charge in [0, 0.05) is 23.1 Å². The second-order valence-electron chi connectivity index (χ2n) is 4.95. The molecule has 0 aliphatic heterocycles. The fourth-order valence-electron chi connectivity index (χ4n) is 2.24. The van der Waals surface area contributed by atoms with E-state index in [4.69, 9.17) is 9.15 Å². The van der Waals surface area contributed by atoms with E-state index >= 15 is 0 Å². The average molecular weight is 310 g/mol. The van der Waals surface area contributed by atoms with Crippen LogP contribution in [-0.4, -0.2) is 23.1 Å². The molecule has 0 aliphatic rings. The lowest BCUT2D eigenvalue weighted by atomic mass is 10.0. The number of benzene rings is 2. The minimum atomic E-state index is -0.501. The number of aliphatic hydroxyl groups is 1. The van der Waals surface area contributed by atoms with Crippen molar-refractivity contribution in [3.8, 4) is 11.5 Å². The number of hydrogen-bond acceptors (Lipinski definition) is 5. The molecule has 116 valence electrons. The molecule has 2 N–H and O–H groups in total. The third-order valence-corrected chi connectivity index (χ3v) is 3.49. The standard InChI is InChI=1S/C18H14O5/c1-22-13-4-2-11(3-5-13)15(19)9-16(20)14-8-12-6-7-23-18(12)10-17(14)21/h2-10,19,21H,1H3/b15-9-. The first-order valence-electron chi connectivity index (χ1n) is 6.88. The van der Waals surface area contributed by atoms with Crippen molar-refractivity contribution in [1.29, 1.82) is 0 Å². The van der Waals surface area contributed by atoms with Crippen LogP contribution in [0.2, 0.25) is 0 Å². The fourth-order valence-corrected chi connectivity index (χ4v) is 2.24. The number of carbonyl (C=O) groups excluding carboxylic acids is 1. The van der Waals surface area contributed by atoms with E-state index in [9.17, 15) is 15.0 Å². The first-order valence-corrected chi connectivity index (χ1v) is 6.88. The highest BCUT2D eigenvalue weighted by Gasteiger charge is 2.13. The normalized spacial score (nSPS) is 11.6. The van der Waals surface area contributed by atoms with E-state index in [1.807, 2.05) is 0 Å². The number of aromatic hydroxyl groups is 1. The van der Waals surface area contributed by atoms with Gasteiger partial charge in [-0.15, -0.1) is 0 Å². The van der Waals surface area contributed by atoms with Crippen molar-refractivity contribution in [2.75, 3.05) is 7.11 Å². The Balaban J connectivity index is 1.92. The number of carbonyl (C=O) groups is 1. The topological polar surface area (TPSA) is 79.9 Å². The van der Waals surface area contributed by atoms with Gasteiger partial charge >= 0.3 is 0 Å². The van der Waals surface area contributed by atoms with E-state index < -0.39 is 5.78 Å². The average Bonchev–Trinajstić information content (AvgIpc) is 3.01. The summed E-state index contributed by atoms with van der Waals surface area (Å²) in [7, 11) is 1.54. The monoisotopic (exact) mass is 310 g/mol. The van der Waals surface area contributed by atoms with Crippen molar-refractivity contribution in [1.82, 2.24) is 0 Å². The molecule has 1 heterocycles. The minimum Gasteiger partial charge on any atom is -0.507 e. The Bertz CT molecular complexity index is 887. The number of allylic oxidation sites excluding steroid dienone is 1. The lowest BCUT2D eigenvalue weighted by Crippen LogP contribution is -1.97. The van der Waals surface area contributed by atoms with E-state index in [1.165, 1.54) is 18.4 Å². The highest BCUT2D eigenvalue weighted by atomic mass is 16.5. The Kier molecular flexibility index (Phi) is 3.76. The van der Waals surface area contributed by atoms with Gasteiger partial charge in [-0.1, -0.05) is 0 Å². The van der Waals surface area contributed by atoms with Crippen LogP contribution in [0.1, 0.15) is 15.9 Å². The Hall–Kier alpha value is -3.21. The molecule has 0 spiro atoms. The molecule has 0 fully saturated rings. The predicted octanol–water partition coefficient (Wildman–Crippen LogP) is 3.93. The summed E-state index contributed by atoms with van der Waals surface area (Å²) in [5.41, 5.74) is 1.06. The van der Waals surface area contributed by atoms with Gasteiger partial charge in [0.25, 0.3) is 0 Å². The summed E-state index contributed by atoms with van der Waals surface area (Å²) in [6.07, 6.45) is 2.55. The van der Waals surface area contributed by atoms with Gasteiger partial charge in [0.05, 0.1) is 18.9 Å². The number of furan rings is 1. The van der Waals surface area contributed by atoms with Gasteiger partial charge in [-0.2, -0.15) is 0 Å². The molecule has 0 bridgehead atoms. The summed E-state index contributed by atoms with van der Waals surface area (Å²) in [5, 5.41) is 20.7. The molecule has 5 heteroatoms. The summed E-state index contributed by atoms with van der Waals surface area (Å²) >= 11 is 0. The number of ether oxygens (including phenoxy) is 1. The van der Waals surface area contributed by atoms with Crippen molar-refractivity contribution in [3.63, 3.8) is 0 Å². The zero-order valence-corrected chi connectivity index (χ0v) is 12.3. The van der Waals surface area contributed by atoms with Crippen LogP contribution in [0.3, 0.4) is 0 Å². The van der Waals surface area contributed by atoms with Crippen LogP contribution in [0.15, 0.2) is 59.2 Å². The lowest BCUT2D eigenvalue weighted by molar-refractivity contribution is 0.104. The molecule has 0 saturated heterocycles. The number of methoxy groups -OCH3 is 1. The Labute approximate surface area is 132 Å². The first kappa shape index (κ1) is 14.7. The second kappa shape index (κ2) is 5.88. The van der Waals surface area contributed by atoms with Crippen LogP contribution in [0.25, 0.3) is 16.7 Å². The van der Waals surface area contributed by atoms with Crippen molar-refractivity contribution in [3.05, 3.63) is 65.9 Å². The van der Waals surface area contributed by atoms with E-state index in [-0.39, 0.29) is 17.1 Å². The quantitative estimate of drug-likeness (QED) is 0.433. The molecule has 3 aromatic rings. The molecule has 0 aliphatic carbocycles. The van der Waals surface area contributed by atoms with E-state index in [0.29, 0.717) is 22.3 Å².